The highest BCUT2D eigenvalue weighted by atomic mass is 16.1. The molecule has 0 fully saturated rings. The van der Waals surface area contributed by atoms with Crippen LogP contribution >= 0.6 is 0 Å². The molecule has 0 saturated carbocycles. The van der Waals surface area contributed by atoms with E-state index in [1.807, 2.05) is 43.9 Å². The lowest BCUT2D eigenvalue weighted by Crippen LogP contribution is -2.26. The van der Waals surface area contributed by atoms with E-state index in [-0.39, 0.29) is 18.7 Å². The molecular formula is C27H36N6O. The van der Waals surface area contributed by atoms with Crippen molar-refractivity contribution in [3.63, 3.8) is 0 Å². The summed E-state index contributed by atoms with van der Waals surface area (Å²) >= 11 is 0. The van der Waals surface area contributed by atoms with Crippen LogP contribution < -0.4 is 5.32 Å². The Bertz CT molecular complexity index is 1130. The molecule has 34 heavy (non-hydrogen) atoms. The van der Waals surface area contributed by atoms with E-state index in [9.17, 15) is 4.79 Å². The zero-order valence-electron chi connectivity index (χ0n) is 20.7. The van der Waals surface area contributed by atoms with Crippen LogP contribution in [0.2, 0.25) is 0 Å². The zero-order valence-corrected chi connectivity index (χ0v) is 20.7. The Morgan fingerprint density at radius 3 is 2.76 bits per heavy atom. The number of aromatic nitrogens is 5. The molecule has 7 heteroatoms. The fourth-order valence-electron chi connectivity index (χ4n) is 4.20. The summed E-state index contributed by atoms with van der Waals surface area (Å²) in [5.41, 5.74) is 5.01. The molecule has 1 aliphatic carbocycles. The molecule has 7 nitrogen and oxygen atoms in total. The summed E-state index contributed by atoms with van der Waals surface area (Å²) < 4.78 is 2.17. The van der Waals surface area contributed by atoms with Crippen molar-refractivity contribution >= 4 is 11.9 Å². The number of carbonyl (C=O) groups excluding carboxylic acids is 1. The van der Waals surface area contributed by atoms with Crippen LogP contribution in [-0.4, -0.2) is 30.6 Å². The molecular weight excluding hydrogens is 424 g/mol. The fraction of sp³-hybridized carbons (Fsp3) is 0.370. The van der Waals surface area contributed by atoms with E-state index in [0.717, 1.165) is 17.7 Å². The van der Waals surface area contributed by atoms with Crippen LogP contribution in [-0.2, 0) is 11.3 Å². The van der Waals surface area contributed by atoms with Crippen molar-refractivity contribution in [1.29, 1.82) is 0 Å². The highest BCUT2D eigenvalue weighted by Gasteiger charge is 2.31. The number of carbonyl (C=O) groups is 1. The van der Waals surface area contributed by atoms with Crippen LogP contribution in [0.1, 0.15) is 48.9 Å². The van der Waals surface area contributed by atoms with Crippen molar-refractivity contribution in [3.05, 3.63) is 89.9 Å². The molecule has 180 valence electrons. The molecule has 3 rings (SSSR count). The van der Waals surface area contributed by atoms with Crippen LogP contribution in [0.25, 0.3) is 0 Å². The number of nitrogens with one attached hydrogen (secondary N) is 1. The van der Waals surface area contributed by atoms with Gasteiger partial charge in [0.15, 0.2) is 0 Å². The van der Waals surface area contributed by atoms with E-state index in [1.54, 1.807) is 0 Å². The van der Waals surface area contributed by atoms with Gasteiger partial charge in [0.05, 0.1) is 18.7 Å². The predicted octanol–water partition coefficient (Wildman–Crippen LogP) is 5.71. The maximum atomic E-state index is 12.0. The van der Waals surface area contributed by atoms with Gasteiger partial charge in [0, 0.05) is 26.4 Å². The molecule has 1 amide bonds. The Morgan fingerprint density at radius 1 is 1.24 bits per heavy atom. The molecule has 0 bridgehead atoms. The largest absolute Gasteiger partial charge is 0.337 e. The predicted molar refractivity (Wildman–Crippen MR) is 138 cm³/mol. The number of anilines is 1. The summed E-state index contributed by atoms with van der Waals surface area (Å²) in [5, 5.41) is 10.0. The molecule has 1 unspecified atom stereocenters. The summed E-state index contributed by atoms with van der Waals surface area (Å²) in [6, 6.07) is 0. The number of hydrogen-bond acceptors (Lipinski definition) is 5. The van der Waals surface area contributed by atoms with Crippen LogP contribution in [0, 0.1) is 11.3 Å². The second kappa shape index (κ2) is 11.5. The van der Waals surface area contributed by atoms with E-state index in [1.165, 1.54) is 42.5 Å². The number of allylic oxidation sites excluding steroid dienone is 9. The highest BCUT2D eigenvalue weighted by molar-refractivity contribution is 5.98. The summed E-state index contributed by atoms with van der Waals surface area (Å²) in [6.07, 6.45) is 22.9. The summed E-state index contributed by atoms with van der Waals surface area (Å²) in [7, 11) is 0. The zero-order chi connectivity index (χ0) is 24.6. The molecule has 2 aromatic rings. The lowest BCUT2D eigenvalue weighted by atomic mass is 9.68. The van der Waals surface area contributed by atoms with Crippen molar-refractivity contribution < 1.29 is 6.22 Å². The molecule has 0 radical (unpaired) electrons. The molecule has 0 spiro atoms. The van der Waals surface area contributed by atoms with E-state index in [0.29, 0.717) is 5.92 Å². The van der Waals surface area contributed by atoms with Crippen LogP contribution in [0.5, 0.6) is 0 Å². The quantitative estimate of drug-likeness (QED) is 0.403. The van der Waals surface area contributed by atoms with Gasteiger partial charge in [0.1, 0.15) is 0 Å². The average molecular weight is 461 g/mol. The third kappa shape index (κ3) is 7.20. The van der Waals surface area contributed by atoms with E-state index >= 15 is 0 Å². The first-order chi connectivity index (χ1) is 16.2. The molecule has 2 heterocycles. The lowest BCUT2D eigenvalue weighted by Gasteiger charge is -2.37. The summed E-state index contributed by atoms with van der Waals surface area (Å²) in [4.78, 5) is 20.2. The van der Waals surface area contributed by atoms with Gasteiger partial charge in [0.25, 0.3) is 5.91 Å². The van der Waals surface area contributed by atoms with Gasteiger partial charge in [-0.3, -0.25) is 10.1 Å². The van der Waals surface area contributed by atoms with Crippen molar-refractivity contribution in [2.45, 2.75) is 54.0 Å². The summed E-state index contributed by atoms with van der Waals surface area (Å²) in [6.45, 7) is 11.9. The monoisotopic (exact) mass is 460 g/mol. The van der Waals surface area contributed by atoms with Gasteiger partial charge < -0.3 is 4.57 Å². The Labute approximate surface area is 203 Å². The highest BCUT2D eigenvalue weighted by Crippen LogP contribution is 2.44. The minimum Gasteiger partial charge on any atom is -0.337 e. The average Bonchev–Trinajstić information content (AvgIpc) is 3.29. The van der Waals surface area contributed by atoms with Gasteiger partial charge in [-0.15, -0.1) is 5.10 Å². The second-order valence-corrected chi connectivity index (χ2v) is 9.42. The topological polar surface area (TPSA) is 85.6 Å². The Kier molecular flexibility index (Phi) is 8.46. The maximum Gasteiger partial charge on any atom is 0.251 e. The first-order valence-electron chi connectivity index (χ1n) is 11.6. The molecule has 1 atom stereocenters. The van der Waals surface area contributed by atoms with Gasteiger partial charge in [-0.1, -0.05) is 55.4 Å². The SMILES string of the molecule is CC1=C(/C=C/C(C)=C/C=C/C(C)=C/C(=O)Nc2nccnn2)C(C)(C)CCC1Cn1ccnc1.[HH]. The number of hydrogen-bond donors (Lipinski definition) is 1. The molecule has 0 aliphatic heterocycles. The van der Waals surface area contributed by atoms with E-state index in [2.05, 4.69) is 69.9 Å². The number of imidazole rings is 1. The van der Waals surface area contributed by atoms with Gasteiger partial charge in [-0.25, -0.2) is 9.97 Å². The fourth-order valence-corrected chi connectivity index (χ4v) is 4.20. The summed E-state index contributed by atoms with van der Waals surface area (Å²) in [5.74, 6) is 0.425. The minimum atomic E-state index is -0.289. The van der Waals surface area contributed by atoms with Crippen LogP contribution in [0.4, 0.5) is 5.95 Å². The molecule has 0 aromatic carbocycles. The van der Waals surface area contributed by atoms with Gasteiger partial charge in [-0.2, -0.15) is 5.10 Å². The van der Waals surface area contributed by atoms with Crippen molar-refractivity contribution in [3.8, 4) is 0 Å². The third-order valence-corrected chi connectivity index (χ3v) is 6.18. The number of amides is 1. The Balaban J connectivity index is 0.00000432. The normalized spacial score (nSPS) is 19.3. The van der Waals surface area contributed by atoms with Gasteiger partial charge in [0.2, 0.25) is 5.95 Å². The molecule has 1 aliphatic rings. The second-order valence-electron chi connectivity index (χ2n) is 9.42. The Morgan fingerprint density at radius 2 is 2.06 bits per heavy atom. The van der Waals surface area contributed by atoms with E-state index < -0.39 is 0 Å². The molecule has 1 N–H and O–H groups in total. The van der Waals surface area contributed by atoms with E-state index in [4.69, 9.17) is 0 Å². The maximum absolute atomic E-state index is 12.0. The van der Waals surface area contributed by atoms with Crippen LogP contribution in [0.3, 0.4) is 0 Å². The number of rotatable bonds is 8. The Hall–Kier alpha value is -3.61. The number of nitrogens with zero attached hydrogens (tertiary/aromatic N) is 5. The van der Waals surface area contributed by atoms with Gasteiger partial charge >= 0.3 is 0 Å². The van der Waals surface area contributed by atoms with Gasteiger partial charge in [-0.05, 0) is 56.1 Å². The molecule has 0 saturated heterocycles. The van der Waals surface area contributed by atoms with Crippen molar-refractivity contribution in [2.75, 3.05) is 5.32 Å². The first kappa shape index (κ1) is 25.0. The third-order valence-electron chi connectivity index (χ3n) is 6.18. The standard InChI is InChI=1S/C27H34N6O.H2/c1-20(7-6-8-21(2)17-25(34)31-26-29-13-14-30-32-26)9-10-24-22(3)23(11-12-27(24,4)5)18-33-16-15-28-19-33;/h6-10,13-17,19,23H,11-12,18H2,1-5H3,(H,29,31,32,34);1H/b8-6+,10-9+,20-7+,21-17+;. The smallest absolute Gasteiger partial charge is 0.251 e. The lowest BCUT2D eigenvalue weighted by molar-refractivity contribution is -0.112. The van der Waals surface area contributed by atoms with Crippen molar-refractivity contribution in [1.82, 2.24) is 24.7 Å². The van der Waals surface area contributed by atoms with Crippen molar-refractivity contribution in [2.24, 2.45) is 11.3 Å². The molecule has 2 aromatic heterocycles. The van der Waals surface area contributed by atoms with Crippen LogP contribution in [0.15, 0.2) is 89.9 Å². The first-order valence-corrected chi connectivity index (χ1v) is 11.6. The minimum absolute atomic E-state index is 0.